The molecule has 23 heavy (non-hydrogen) atoms. The molecule has 2 rings (SSSR count). The van der Waals surface area contributed by atoms with Crippen LogP contribution < -0.4 is 5.73 Å². The number of benzene rings is 2. The maximum Gasteiger partial charge on any atom is 0.337 e. The number of esters is 1. The van der Waals surface area contributed by atoms with Crippen LogP contribution in [0, 0.1) is 5.82 Å². The Bertz CT molecular complexity index is 658. The lowest BCUT2D eigenvalue weighted by Gasteiger charge is -2.32. The number of halogens is 1. The fourth-order valence-corrected chi connectivity index (χ4v) is 2.39. The summed E-state index contributed by atoms with van der Waals surface area (Å²) >= 11 is 0. The molecule has 0 bridgehead atoms. The molecule has 0 saturated heterocycles. The van der Waals surface area contributed by atoms with E-state index in [2.05, 4.69) is 0 Å². The summed E-state index contributed by atoms with van der Waals surface area (Å²) in [6, 6.07) is 15.4. The number of hydrogen-bond donors (Lipinski definition) is 1. The molecular formula is C18H20FNO3. The first-order chi connectivity index (χ1) is 11.0. The van der Waals surface area contributed by atoms with E-state index in [0.29, 0.717) is 0 Å². The molecule has 0 amide bonds. The smallest absolute Gasteiger partial charge is 0.337 e. The lowest BCUT2D eigenvalue weighted by Crippen LogP contribution is -2.51. The monoisotopic (exact) mass is 317 g/mol. The molecule has 0 saturated carbocycles. The van der Waals surface area contributed by atoms with Gasteiger partial charge in [-0.2, -0.15) is 0 Å². The van der Waals surface area contributed by atoms with Crippen molar-refractivity contribution in [3.63, 3.8) is 0 Å². The average Bonchev–Trinajstić information content (AvgIpc) is 2.55. The minimum absolute atomic E-state index is 0.169. The van der Waals surface area contributed by atoms with Crippen molar-refractivity contribution in [2.24, 2.45) is 5.73 Å². The Hall–Kier alpha value is -2.24. The molecule has 0 radical (unpaired) electrons. The summed E-state index contributed by atoms with van der Waals surface area (Å²) in [5, 5.41) is 0. The van der Waals surface area contributed by atoms with Crippen LogP contribution in [0.5, 0.6) is 0 Å². The van der Waals surface area contributed by atoms with E-state index in [0.717, 1.165) is 5.56 Å². The molecule has 2 aromatic rings. The molecule has 2 atom stereocenters. The number of ether oxygens (including phenoxy) is 2. The fourth-order valence-electron chi connectivity index (χ4n) is 2.39. The predicted molar refractivity (Wildman–Crippen MR) is 85.0 cm³/mol. The van der Waals surface area contributed by atoms with Gasteiger partial charge in [0.15, 0.2) is 6.10 Å². The topological polar surface area (TPSA) is 61.5 Å². The number of nitrogens with two attached hydrogens (primary N) is 1. The second-order valence-electron chi connectivity index (χ2n) is 5.46. The SMILES string of the molecule is COC(=O)C(OCc1ccccc1)[C@](C)(N)c1ccccc1F. The lowest BCUT2D eigenvalue weighted by atomic mass is 9.86. The van der Waals surface area contributed by atoms with Gasteiger partial charge in [0, 0.05) is 5.56 Å². The third kappa shape index (κ3) is 3.94. The first-order valence-electron chi connectivity index (χ1n) is 7.24. The largest absolute Gasteiger partial charge is 0.467 e. The van der Waals surface area contributed by atoms with Crippen molar-refractivity contribution in [2.45, 2.75) is 25.2 Å². The Balaban J connectivity index is 2.27. The van der Waals surface area contributed by atoms with Crippen LogP contribution in [0.1, 0.15) is 18.1 Å². The van der Waals surface area contributed by atoms with Gasteiger partial charge in [-0.15, -0.1) is 0 Å². The minimum Gasteiger partial charge on any atom is -0.467 e. The molecule has 0 heterocycles. The molecule has 122 valence electrons. The van der Waals surface area contributed by atoms with E-state index in [-0.39, 0.29) is 12.2 Å². The Morgan fingerprint density at radius 1 is 1.17 bits per heavy atom. The molecule has 2 aromatic carbocycles. The Morgan fingerprint density at radius 3 is 2.39 bits per heavy atom. The van der Waals surface area contributed by atoms with Gasteiger partial charge in [0.05, 0.1) is 19.3 Å². The number of carbonyl (C=O) groups excluding carboxylic acids is 1. The molecule has 0 aliphatic rings. The second kappa shape index (κ2) is 7.35. The zero-order valence-corrected chi connectivity index (χ0v) is 13.2. The molecular weight excluding hydrogens is 297 g/mol. The quantitative estimate of drug-likeness (QED) is 0.832. The van der Waals surface area contributed by atoms with Gasteiger partial charge in [0.1, 0.15) is 5.82 Å². The van der Waals surface area contributed by atoms with Gasteiger partial charge in [-0.1, -0.05) is 48.5 Å². The first-order valence-corrected chi connectivity index (χ1v) is 7.24. The molecule has 0 aromatic heterocycles. The second-order valence-corrected chi connectivity index (χ2v) is 5.46. The van der Waals surface area contributed by atoms with Gasteiger partial charge in [-0.3, -0.25) is 0 Å². The zero-order chi connectivity index (χ0) is 16.9. The number of hydrogen-bond acceptors (Lipinski definition) is 4. The summed E-state index contributed by atoms with van der Waals surface area (Å²) in [6.45, 7) is 1.72. The van der Waals surface area contributed by atoms with E-state index in [1.54, 1.807) is 19.1 Å². The molecule has 4 nitrogen and oxygen atoms in total. The standard InChI is InChI=1S/C18H20FNO3/c1-18(20,14-10-6-7-11-15(14)19)16(17(21)22-2)23-12-13-8-4-3-5-9-13/h3-11,16H,12,20H2,1-2H3/t16?,18-/m1/s1. The summed E-state index contributed by atoms with van der Waals surface area (Å²) in [4.78, 5) is 12.1. The summed E-state index contributed by atoms with van der Waals surface area (Å²) in [5.74, 6) is -1.14. The summed E-state index contributed by atoms with van der Waals surface area (Å²) < 4.78 is 24.6. The van der Waals surface area contributed by atoms with E-state index in [1.165, 1.54) is 19.2 Å². The van der Waals surface area contributed by atoms with Crippen LogP contribution in [0.15, 0.2) is 54.6 Å². The molecule has 0 aliphatic carbocycles. The highest BCUT2D eigenvalue weighted by atomic mass is 19.1. The normalized spacial score (nSPS) is 14.8. The molecule has 5 heteroatoms. The van der Waals surface area contributed by atoms with Crippen LogP contribution in [0.3, 0.4) is 0 Å². The van der Waals surface area contributed by atoms with Gasteiger partial charge in [0.25, 0.3) is 0 Å². The van der Waals surface area contributed by atoms with Gasteiger partial charge in [-0.05, 0) is 18.6 Å². The van der Waals surface area contributed by atoms with Crippen molar-refractivity contribution < 1.29 is 18.7 Å². The van der Waals surface area contributed by atoms with E-state index in [1.807, 2.05) is 30.3 Å². The van der Waals surface area contributed by atoms with Crippen LogP contribution >= 0.6 is 0 Å². The van der Waals surface area contributed by atoms with Gasteiger partial charge in [0.2, 0.25) is 0 Å². The van der Waals surface area contributed by atoms with E-state index < -0.39 is 23.4 Å². The molecule has 2 N–H and O–H groups in total. The van der Waals surface area contributed by atoms with Gasteiger partial charge in [-0.25, -0.2) is 9.18 Å². The Morgan fingerprint density at radius 2 is 1.78 bits per heavy atom. The minimum atomic E-state index is -1.37. The number of carbonyl (C=O) groups is 1. The van der Waals surface area contributed by atoms with Crippen LogP contribution in [-0.4, -0.2) is 19.2 Å². The number of methoxy groups -OCH3 is 1. The van der Waals surface area contributed by atoms with Gasteiger partial charge >= 0.3 is 5.97 Å². The van der Waals surface area contributed by atoms with Crippen LogP contribution in [0.25, 0.3) is 0 Å². The molecule has 0 fully saturated rings. The van der Waals surface area contributed by atoms with Crippen molar-refractivity contribution in [3.05, 3.63) is 71.5 Å². The maximum absolute atomic E-state index is 14.1. The highest BCUT2D eigenvalue weighted by Crippen LogP contribution is 2.28. The molecule has 0 aliphatic heterocycles. The predicted octanol–water partition coefficient (Wildman–Crippen LogP) is 2.76. The first kappa shape index (κ1) is 17.1. The van der Waals surface area contributed by atoms with Crippen molar-refractivity contribution in [1.29, 1.82) is 0 Å². The van der Waals surface area contributed by atoms with E-state index >= 15 is 0 Å². The summed E-state index contributed by atoms with van der Waals surface area (Å²) in [6.07, 6.45) is -1.13. The lowest BCUT2D eigenvalue weighted by molar-refractivity contribution is -0.160. The highest BCUT2D eigenvalue weighted by molar-refractivity contribution is 5.76. The van der Waals surface area contributed by atoms with Crippen molar-refractivity contribution in [3.8, 4) is 0 Å². The Labute approximate surface area is 135 Å². The summed E-state index contributed by atoms with van der Waals surface area (Å²) in [5.41, 5.74) is 5.97. The Kier molecular flexibility index (Phi) is 5.47. The average molecular weight is 317 g/mol. The van der Waals surface area contributed by atoms with Crippen molar-refractivity contribution in [1.82, 2.24) is 0 Å². The van der Waals surface area contributed by atoms with Crippen LogP contribution in [0.4, 0.5) is 4.39 Å². The highest BCUT2D eigenvalue weighted by Gasteiger charge is 2.41. The zero-order valence-electron chi connectivity index (χ0n) is 13.2. The van der Waals surface area contributed by atoms with E-state index in [4.69, 9.17) is 15.2 Å². The molecule has 0 spiro atoms. The maximum atomic E-state index is 14.1. The van der Waals surface area contributed by atoms with Crippen LogP contribution in [0.2, 0.25) is 0 Å². The summed E-state index contributed by atoms with van der Waals surface area (Å²) in [7, 11) is 1.25. The molecule has 1 unspecified atom stereocenters. The fraction of sp³-hybridized carbons (Fsp3) is 0.278. The third-order valence-corrected chi connectivity index (χ3v) is 3.67. The third-order valence-electron chi connectivity index (χ3n) is 3.67. The van der Waals surface area contributed by atoms with Crippen molar-refractivity contribution in [2.75, 3.05) is 7.11 Å². The van der Waals surface area contributed by atoms with E-state index in [9.17, 15) is 9.18 Å². The van der Waals surface area contributed by atoms with Crippen molar-refractivity contribution >= 4 is 5.97 Å². The number of rotatable bonds is 6. The van der Waals surface area contributed by atoms with Gasteiger partial charge < -0.3 is 15.2 Å². The van der Waals surface area contributed by atoms with Crippen LogP contribution in [-0.2, 0) is 26.4 Å².